The summed E-state index contributed by atoms with van der Waals surface area (Å²) in [4.78, 5) is 22.1. The number of hydrogen-bond acceptors (Lipinski definition) is 5. The minimum Gasteiger partial charge on any atom is -0.316 e. The van der Waals surface area contributed by atoms with E-state index in [1.807, 2.05) is 5.32 Å². The van der Waals surface area contributed by atoms with E-state index in [1.165, 1.54) is 0 Å². The molecule has 3 amide bonds. The van der Waals surface area contributed by atoms with E-state index < -0.39 is 25.3 Å². The molecule has 0 aromatic rings. The molecular weight excluding hydrogens is 223 g/mol. The molecule has 0 saturated carbocycles. The van der Waals surface area contributed by atoms with Crippen LogP contribution in [0.25, 0.3) is 0 Å². The Morgan fingerprint density at radius 1 is 1.27 bits per heavy atom. The fraction of sp³-hybridized carbons (Fsp3) is 0.714. The van der Waals surface area contributed by atoms with Crippen molar-refractivity contribution >= 4 is 19.5 Å². The molecule has 0 unspecified atom stereocenters. The van der Waals surface area contributed by atoms with Gasteiger partial charge in [0.05, 0.1) is 13.2 Å². The molecule has 1 aliphatic rings. The van der Waals surface area contributed by atoms with Gasteiger partial charge in [-0.3, -0.25) is 14.7 Å². The maximum atomic E-state index is 12.1. The first-order valence-electron chi connectivity index (χ1n) is 4.53. The lowest BCUT2D eigenvalue weighted by atomic mass is 10.6. The van der Waals surface area contributed by atoms with E-state index in [9.17, 15) is 14.2 Å². The van der Waals surface area contributed by atoms with E-state index in [4.69, 9.17) is 9.05 Å². The molecule has 0 bridgehead atoms. The van der Waals surface area contributed by atoms with Crippen LogP contribution >= 0.6 is 7.60 Å². The van der Waals surface area contributed by atoms with E-state index in [1.54, 1.807) is 13.8 Å². The largest absolute Gasteiger partial charge is 0.362 e. The lowest BCUT2D eigenvalue weighted by Crippen LogP contribution is -2.30. The van der Waals surface area contributed by atoms with Gasteiger partial charge in [0.25, 0.3) is 5.91 Å². The van der Waals surface area contributed by atoms with Crippen molar-refractivity contribution in [2.45, 2.75) is 19.6 Å². The minimum absolute atomic E-state index is 0.136. The quantitative estimate of drug-likeness (QED) is 0.533. The van der Waals surface area contributed by atoms with Gasteiger partial charge in [-0.2, -0.15) is 0 Å². The molecule has 0 aromatic carbocycles. The van der Waals surface area contributed by atoms with Crippen molar-refractivity contribution in [1.82, 2.24) is 10.6 Å². The number of amides is 3. The zero-order chi connectivity index (χ0) is 11.5. The van der Waals surface area contributed by atoms with Gasteiger partial charge in [-0.05, 0) is 13.8 Å². The van der Waals surface area contributed by atoms with Crippen molar-refractivity contribution < 1.29 is 23.2 Å². The van der Waals surface area contributed by atoms with Crippen molar-refractivity contribution in [3.8, 4) is 0 Å². The molecule has 1 heterocycles. The van der Waals surface area contributed by atoms with Crippen molar-refractivity contribution in [3.05, 3.63) is 0 Å². The first kappa shape index (κ1) is 12.2. The summed E-state index contributed by atoms with van der Waals surface area (Å²) < 4.78 is 21.9. The normalized spacial score (nSPS) is 21.3. The molecule has 7 nitrogen and oxygen atoms in total. The van der Waals surface area contributed by atoms with Crippen LogP contribution in [0.4, 0.5) is 4.79 Å². The van der Waals surface area contributed by atoms with Crippen molar-refractivity contribution in [2.24, 2.45) is 0 Å². The summed E-state index contributed by atoms with van der Waals surface area (Å²) in [5.41, 5.74) is 0. The van der Waals surface area contributed by atoms with E-state index in [2.05, 4.69) is 5.32 Å². The van der Waals surface area contributed by atoms with E-state index in [-0.39, 0.29) is 13.2 Å². The van der Waals surface area contributed by atoms with Crippen LogP contribution < -0.4 is 10.6 Å². The molecule has 0 spiro atoms. The third-order valence-electron chi connectivity index (χ3n) is 1.69. The Kier molecular flexibility index (Phi) is 3.84. The highest BCUT2D eigenvalue weighted by Gasteiger charge is 2.46. The number of nitrogens with one attached hydrogen (secondary N) is 2. The smallest absolute Gasteiger partial charge is 0.316 e. The second-order valence-electron chi connectivity index (χ2n) is 2.74. The zero-order valence-corrected chi connectivity index (χ0v) is 9.37. The van der Waals surface area contributed by atoms with Crippen molar-refractivity contribution in [3.63, 3.8) is 0 Å². The first-order valence-corrected chi connectivity index (χ1v) is 6.14. The second kappa shape index (κ2) is 4.74. The fourth-order valence-corrected chi connectivity index (χ4v) is 2.89. The average Bonchev–Trinajstić information content (AvgIpc) is 2.46. The molecule has 0 aromatic heterocycles. The molecule has 1 aliphatic heterocycles. The average molecular weight is 236 g/mol. The molecule has 0 radical (unpaired) electrons. The minimum atomic E-state index is -3.60. The maximum absolute atomic E-state index is 12.1. The molecule has 86 valence electrons. The van der Waals surface area contributed by atoms with Gasteiger partial charge in [0.2, 0.25) is 5.78 Å². The molecule has 15 heavy (non-hydrogen) atoms. The summed E-state index contributed by atoms with van der Waals surface area (Å²) >= 11 is 0. The number of hydrogen-bond donors (Lipinski definition) is 2. The highest BCUT2D eigenvalue weighted by atomic mass is 31.2. The third-order valence-corrected chi connectivity index (χ3v) is 3.92. The standard InChI is InChI=1S/C7H13N2O5P/c1-3-13-15(12,14-4-2)6-5(10)8-7(11)9-6/h6H,3-4H2,1-2H3,(H2,8,9,10,11)/t6-/m1/s1. The number of carbonyl (C=O) groups is 2. The van der Waals surface area contributed by atoms with Crippen molar-refractivity contribution in [2.75, 3.05) is 13.2 Å². The van der Waals surface area contributed by atoms with Gasteiger partial charge in [0.15, 0.2) is 0 Å². The lowest BCUT2D eigenvalue weighted by Gasteiger charge is -2.20. The molecule has 1 rings (SSSR count). The zero-order valence-electron chi connectivity index (χ0n) is 8.48. The van der Waals surface area contributed by atoms with Gasteiger partial charge in [0.1, 0.15) is 0 Å². The Morgan fingerprint density at radius 2 is 1.80 bits per heavy atom. The van der Waals surface area contributed by atoms with E-state index >= 15 is 0 Å². The maximum Gasteiger partial charge on any atom is 0.362 e. The summed E-state index contributed by atoms with van der Waals surface area (Å²) in [6.07, 6.45) is 0. The number of urea groups is 1. The van der Waals surface area contributed by atoms with Crippen LogP contribution in [-0.2, 0) is 18.4 Å². The van der Waals surface area contributed by atoms with Gasteiger partial charge >= 0.3 is 13.6 Å². The van der Waals surface area contributed by atoms with Crippen LogP contribution in [0, 0.1) is 0 Å². The van der Waals surface area contributed by atoms with Gasteiger partial charge < -0.3 is 14.4 Å². The summed E-state index contributed by atoms with van der Waals surface area (Å²) in [6.45, 7) is 3.52. The lowest BCUT2D eigenvalue weighted by molar-refractivity contribution is -0.118. The molecule has 0 aliphatic carbocycles. The molecule has 8 heteroatoms. The van der Waals surface area contributed by atoms with E-state index in [0.29, 0.717) is 0 Å². The number of carbonyl (C=O) groups excluding carboxylic acids is 2. The van der Waals surface area contributed by atoms with Crippen LogP contribution in [0.2, 0.25) is 0 Å². The van der Waals surface area contributed by atoms with Crippen LogP contribution in [0.1, 0.15) is 13.8 Å². The summed E-state index contributed by atoms with van der Waals surface area (Å²) in [7, 11) is -3.60. The Balaban J connectivity index is 2.84. The van der Waals surface area contributed by atoms with Crippen LogP contribution in [0.5, 0.6) is 0 Å². The Bertz CT molecular complexity index is 309. The highest BCUT2D eigenvalue weighted by Crippen LogP contribution is 2.52. The van der Waals surface area contributed by atoms with Gasteiger partial charge in [-0.25, -0.2) is 4.79 Å². The van der Waals surface area contributed by atoms with Gasteiger partial charge in [-0.1, -0.05) is 0 Å². The Labute approximate surface area is 87.0 Å². The predicted molar refractivity (Wildman–Crippen MR) is 51.3 cm³/mol. The van der Waals surface area contributed by atoms with Crippen LogP contribution in [0.15, 0.2) is 0 Å². The highest BCUT2D eigenvalue weighted by molar-refractivity contribution is 7.55. The van der Waals surface area contributed by atoms with Crippen LogP contribution in [-0.4, -0.2) is 30.9 Å². The molecular formula is C7H13N2O5P. The Morgan fingerprint density at radius 3 is 2.13 bits per heavy atom. The van der Waals surface area contributed by atoms with Gasteiger partial charge in [0, 0.05) is 0 Å². The summed E-state index contributed by atoms with van der Waals surface area (Å²) in [5.74, 6) is -1.94. The molecule has 1 fully saturated rings. The molecule has 1 saturated heterocycles. The Hall–Kier alpha value is -0.910. The predicted octanol–water partition coefficient (Wildman–Crippen LogP) is 0.418. The van der Waals surface area contributed by atoms with Crippen LogP contribution in [0.3, 0.4) is 0 Å². The number of rotatable bonds is 5. The summed E-state index contributed by atoms with van der Waals surface area (Å²) in [5, 5.41) is 4.17. The third kappa shape index (κ3) is 2.56. The van der Waals surface area contributed by atoms with E-state index in [0.717, 1.165) is 0 Å². The fourth-order valence-electron chi connectivity index (χ4n) is 1.17. The first-order chi connectivity index (χ1) is 7.03. The van der Waals surface area contributed by atoms with Gasteiger partial charge in [-0.15, -0.1) is 0 Å². The SMILES string of the molecule is CCOP(=O)(OCC)[C@H]1NC(=O)NC1=O. The second-order valence-corrected chi connectivity index (χ2v) is 4.85. The summed E-state index contributed by atoms with van der Waals surface area (Å²) in [6, 6.07) is -0.690. The molecule has 2 N–H and O–H groups in total. The monoisotopic (exact) mass is 236 g/mol. The number of imide groups is 1. The van der Waals surface area contributed by atoms with Crippen molar-refractivity contribution in [1.29, 1.82) is 0 Å². The topological polar surface area (TPSA) is 93.7 Å². The molecule has 1 atom stereocenters.